The van der Waals surface area contributed by atoms with Gasteiger partial charge in [0.1, 0.15) is 19.3 Å². The van der Waals surface area contributed by atoms with Gasteiger partial charge in [-0.1, -0.05) is 246 Å². The average molecular weight is 1160 g/mol. The zero-order valence-electron chi connectivity index (χ0n) is 49.6. The number of hydrogen-bond donors (Lipinski definition) is 3. The molecule has 78 heavy (non-hydrogen) atoms. The van der Waals surface area contributed by atoms with Crippen molar-refractivity contribution in [3.05, 3.63) is 0 Å². The van der Waals surface area contributed by atoms with Crippen LogP contribution >= 0.6 is 15.6 Å². The predicted octanol–water partition coefficient (Wildman–Crippen LogP) is 16.0. The van der Waals surface area contributed by atoms with E-state index in [2.05, 4.69) is 27.7 Å². The highest BCUT2D eigenvalue weighted by molar-refractivity contribution is 7.47. The van der Waals surface area contributed by atoms with Gasteiger partial charge in [0.15, 0.2) is 12.2 Å². The number of aliphatic hydroxyl groups excluding tert-OH is 1. The van der Waals surface area contributed by atoms with E-state index in [0.717, 1.165) is 103 Å². The van der Waals surface area contributed by atoms with Crippen molar-refractivity contribution >= 4 is 39.5 Å². The van der Waals surface area contributed by atoms with E-state index in [0.29, 0.717) is 25.7 Å². The maximum absolute atomic E-state index is 12.9. The Kier molecular flexibility index (Phi) is 53.0. The van der Waals surface area contributed by atoms with Gasteiger partial charge in [-0.15, -0.1) is 0 Å². The van der Waals surface area contributed by atoms with E-state index in [1.165, 1.54) is 116 Å². The molecule has 0 bridgehead atoms. The normalized spacial score (nSPS) is 14.3. The van der Waals surface area contributed by atoms with Gasteiger partial charge in [0.05, 0.1) is 26.4 Å². The first-order valence-corrected chi connectivity index (χ1v) is 34.3. The van der Waals surface area contributed by atoms with Crippen molar-refractivity contribution in [2.24, 2.45) is 0 Å². The quantitative estimate of drug-likeness (QED) is 0.0222. The minimum Gasteiger partial charge on any atom is -0.462 e. The second kappa shape index (κ2) is 54.3. The summed E-state index contributed by atoms with van der Waals surface area (Å²) in [5.74, 6) is -2.16. The molecule has 0 rings (SSSR count). The lowest BCUT2D eigenvalue weighted by Crippen LogP contribution is -2.30. The molecule has 19 heteroatoms. The van der Waals surface area contributed by atoms with E-state index in [1.54, 1.807) is 0 Å². The highest BCUT2D eigenvalue weighted by Crippen LogP contribution is 2.45. The van der Waals surface area contributed by atoms with Crippen molar-refractivity contribution in [3.63, 3.8) is 0 Å². The molecule has 0 aliphatic heterocycles. The van der Waals surface area contributed by atoms with Gasteiger partial charge in [0, 0.05) is 25.7 Å². The number of ether oxygens (including phenoxy) is 4. The summed E-state index contributed by atoms with van der Waals surface area (Å²) in [5, 5.41) is 10.5. The third-order valence-corrected chi connectivity index (χ3v) is 15.5. The van der Waals surface area contributed by atoms with Gasteiger partial charge >= 0.3 is 39.5 Å². The largest absolute Gasteiger partial charge is 0.472 e. The van der Waals surface area contributed by atoms with Crippen LogP contribution in [0.1, 0.15) is 297 Å². The summed E-state index contributed by atoms with van der Waals surface area (Å²) in [4.78, 5) is 71.5. The molecule has 3 N–H and O–H groups in total. The molecule has 0 aromatic carbocycles. The van der Waals surface area contributed by atoms with Gasteiger partial charge in [-0.25, -0.2) is 9.13 Å². The topological polar surface area (TPSA) is 237 Å². The molecule has 0 aromatic heterocycles. The number of hydrogen-bond acceptors (Lipinski definition) is 15. The first-order valence-electron chi connectivity index (χ1n) is 31.3. The van der Waals surface area contributed by atoms with Crippen molar-refractivity contribution in [3.8, 4) is 0 Å². The highest BCUT2D eigenvalue weighted by Gasteiger charge is 2.30. The van der Waals surface area contributed by atoms with Gasteiger partial charge in [-0.05, 0) is 25.7 Å². The van der Waals surface area contributed by atoms with Crippen LogP contribution in [0.5, 0.6) is 0 Å². The number of rotatable bonds is 60. The fraction of sp³-hybridized carbons (Fsp3) is 0.932. The summed E-state index contributed by atoms with van der Waals surface area (Å²) in [7, 11) is -9.86. The molecular formula is C59H114O17P2. The number of phosphoric ester groups is 2. The SMILES string of the molecule is CCCCCCCCCCCCCCCCCC(=O)OC[C@H](COP(=O)(O)OC[C@H](O)COP(=O)(O)OC[C@@H](COC(=O)CCCCCC)OC(=O)CCCCCCCCC)OC(=O)CCCCCCCCCCCCCC. The maximum Gasteiger partial charge on any atom is 0.472 e. The molecule has 0 radical (unpaired) electrons. The minimum absolute atomic E-state index is 0.103. The number of aliphatic hydroxyl groups is 1. The van der Waals surface area contributed by atoms with Crippen LogP contribution in [0.25, 0.3) is 0 Å². The molecule has 0 aromatic rings. The number of carbonyl (C=O) groups is 4. The van der Waals surface area contributed by atoms with Crippen LogP contribution in [0.15, 0.2) is 0 Å². The first kappa shape index (κ1) is 76.1. The van der Waals surface area contributed by atoms with Crippen molar-refractivity contribution in [1.29, 1.82) is 0 Å². The fourth-order valence-electron chi connectivity index (χ4n) is 8.75. The molecule has 0 aliphatic carbocycles. The molecule has 0 spiro atoms. The van der Waals surface area contributed by atoms with E-state index in [9.17, 15) is 43.2 Å². The van der Waals surface area contributed by atoms with Crippen LogP contribution < -0.4 is 0 Å². The lowest BCUT2D eigenvalue weighted by Gasteiger charge is -2.21. The molecule has 17 nitrogen and oxygen atoms in total. The molecule has 0 heterocycles. The molecule has 0 aliphatic rings. The summed E-state index contributed by atoms with van der Waals surface area (Å²) in [6, 6.07) is 0. The monoisotopic (exact) mass is 1160 g/mol. The smallest absolute Gasteiger partial charge is 0.462 e. The third-order valence-electron chi connectivity index (χ3n) is 13.6. The fourth-order valence-corrected chi connectivity index (χ4v) is 10.3. The van der Waals surface area contributed by atoms with Crippen molar-refractivity contribution in [2.75, 3.05) is 39.6 Å². The number of phosphoric acid groups is 2. The van der Waals surface area contributed by atoms with E-state index in [1.807, 2.05) is 0 Å². The Labute approximate surface area is 473 Å². The van der Waals surface area contributed by atoms with Crippen LogP contribution in [0.3, 0.4) is 0 Å². The molecule has 462 valence electrons. The van der Waals surface area contributed by atoms with E-state index in [4.69, 9.17) is 37.0 Å². The Morgan fingerprint density at radius 1 is 0.308 bits per heavy atom. The van der Waals surface area contributed by atoms with Crippen LogP contribution in [0.4, 0.5) is 0 Å². The molecule has 0 saturated carbocycles. The molecular weight excluding hydrogens is 1040 g/mol. The third kappa shape index (κ3) is 53.4. The van der Waals surface area contributed by atoms with E-state index in [-0.39, 0.29) is 25.7 Å². The van der Waals surface area contributed by atoms with E-state index < -0.39 is 97.5 Å². The average Bonchev–Trinajstić information content (AvgIpc) is 3.41. The maximum atomic E-state index is 12.9. The highest BCUT2D eigenvalue weighted by atomic mass is 31.2. The second-order valence-electron chi connectivity index (χ2n) is 21.4. The molecule has 0 fully saturated rings. The number of esters is 4. The van der Waals surface area contributed by atoms with Crippen LogP contribution in [-0.4, -0.2) is 96.7 Å². The first-order chi connectivity index (χ1) is 37.7. The lowest BCUT2D eigenvalue weighted by molar-refractivity contribution is -0.161. The lowest BCUT2D eigenvalue weighted by atomic mass is 10.0. The van der Waals surface area contributed by atoms with Crippen LogP contribution in [0.2, 0.25) is 0 Å². The summed E-state index contributed by atoms with van der Waals surface area (Å²) in [6.07, 6.45) is 38.2. The zero-order chi connectivity index (χ0) is 57.6. The summed E-state index contributed by atoms with van der Waals surface area (Å²) < 4.78 is 67.4. The summed E-state index contributed by atoms with van der Waals surface area (Å²) in [6.45, 7) is 4.69. The van der Waals surface area contributed by atoms with Crippen molar-refractivity contribution in [2.45, 2.75) is 316 Å². The molecule has 0 amide bonds. The molecule has 0 saturated heterocycles. The van der Waals surface area contributed by atoms with Gasteiger partial charge in [0.2, 0.25) is 0 Å². The van der Waals surface area contributed by atoms with Crippen LogP contribution in [-0.2, 0) is 65.4 Å². The number of carbonyl (C=O) groups excluding carboxylic acids is 4. The standard InChI is InChI=1S/C59H114O17P2/c1-5-9-13-17-20-22-24-26-27-28-30-31-34-36-40-44-57(62)70-50-55(76-59(64)46-42-38-35-32-29-25-23-21-18-14-10-6-2)52-74-78(67,68)72-48-53(60)47-71-77(65,66)73-51-54(49-69-56(61)43-39-16-12-8-4)75-58(63)45-41-37-33-19-15-11-7-3/h53-55,60H,5-52H2,1-4H3,(H,65,66)(H,67,68)/t53-,54-,55-/m1/s1. The van der Waals surface area contributed by atoms with E-state index >= 15 is 0 Å². The Bertz CT molecular complexity index is 1520. The van der Waals surface area contributed by atoms with Gasteiger partial charge in [0.25, 0.3) is 0 Å². The van der Waals surface area contributed by atoms with Crippen molar-refractivity contribution in [1.82, 2.24) is 0 Å². The van der Waals surface area contributed by atoms with Gasteiger partial charge in [-0.3, -0.25) is 37.3 Å². The minimum atomic E-state index is -4.94. The second-order valence-corrected chi connectivity index (χ2v) is 24.3. The molecule has 5 atom stereocenters. The zero-order valence-corrected chi connectivity index (χ0v) is 51.4. The Hall–Kier alpha value is -1.94. The van der Waals surface area contributed by atoms with Crippen LogP contribution in [0, 0.1) is 0 Å². The molecule has 2 unspecified atom stereocenters. The summed E-state index contributed by atoms with van der Waals surface area (Å²) in [5.41, 5.74) is 0. The van der Waals surface area contributed by atoms with Crippen molar-refractivity contribution < 1.29 is 80.2 Å². The Morgan fingerprint density at radius 2 is 0.513 bits per heavy atom. The Balaban J connectivity index is 5.12. The Morgan fingerprint density at radius 3 is 0.769 bits per heavy atom. The van der Waals surface area contributed by atoms with Gasteiger partial charge < -0.3 is 33.8 Å². The number of unbranched alkanes of at least 4 members (excludes halogenated alkanes) is 34. The summed E-state index contributed by atoms with van der Waals surface area (Å²) >= 11 is 0. The predicted molar refractivity (Wildman–Crippen MR) is 308 cm³/mol. The van der Waals surface area contributed by atoms with Gasteiger partial charge in [-0.2, -0.15) is 0 Å².